The standard InChI is InChI=1S/C21H16N2O/c22-18-12-13-19(20(23)14-18)21(24)17-10-8-16(9-11-17)7-6-15-4-2-1-3-5-15/h1-5,8-14H,22-23H2. The van der Waals surface area contributed by atoms with E-state index >= 15 is 0 Å². The Morgan fingerprint density at radius 2 is 1.38 bits per heavy atom. The zero-order valence-corrected chi connectivity index (χ0v) is 13.0. The van der Waals surface area contributed by atoms with Crippen molar-refractivity contribution in [1.29, 1.82) is 0 Å². The number of nitrogens with two attached hydrogens (primary N) is 2. The molecule has 0 heterocycles. The SMILES string of the molecule is Nc1ccc(C(=O)c2ccc(C#Cc3ccccc3)cc2)c(N)c1. The van der Waals surface area contributed by atoms with E-state index < -0.39 is 0 Å². The molecule has 24 heavy (non-hydrogen) atoms. The number of carbonyl (C=O) groups is 1. The van der Waals surface area contributed by atoms with Gasteiger partial charge < -0.3 is 11.5 Å². The molecule has 0 fully saturated rings. The number of nitrogen functional groups attached to an aromatic ring is 2. The van der Waals surface area contributed by atoms with Crippen molar-refractivity contribution in [2.45, 2.75) is 0 Å². The Labute approximate surface area is 140 Å². The maximum Gasteiger partial charge on any atom is 0.195 e. The van der Waals surface area contributed by atoms with Crippen LogP contribution in [0.3, 0.4) is 0 Å². The van der Waals surface area contributed by atoms with Crippen LogP contribution in [0.4, 0.5) is 11.4 Å². The highest BCUT2D eigenvalue weighted by molar-refractivity contribution is 6.12. The molecule has 0 spiro atoms. The first-order chi connectivity index (χ1) is 11.6. The number of ketones is 1. The van der Waals surface area contributed by atoms with Gasteiger partial charge in [-0.1, -0.05) is 30.0 Å². The molecule has 0 atom stereocenters. The van der Waals surface area contributed by atoms with E-state index in [1.807, 2.05) is 42.5 Å². The minimum atomic E-state index is -0.130. The summed E-state index contributed by atoms with van der Waals surface area (Å²) in [6.45, 7) is 0. The fourth-order valence-corrected chi connectivity index (χ4v) is 2.31. The average molecular weight is 312 g/mol. The topological polar surface area (TPSA) is 69.1 Å². The van der Waals surface area contributed by atoms with E-state index in [4.69, 9.17) is 11.5 Å². The van der Waals surface area contributed by atoms with Crippen LogP contribution in [-0.4, -0.2) is 5.78 Å². The van der Waals surface area contributed by atoms with Gasteiger partial charge in [-0.05, 0) is 54.6 Å². The maximum atomic E-state index is 12.5. The largest absolute Gasteiger partial charge is 0.399 e. The van der Waals surface area contributed by atoms with Crippen LogP contribution in [0.2, 0.25) is 0 Å². The molecule has 3 aromatic carbocycles. The molecule has 3 aromatic rings. The number of carbonyl (C=O) groups excluding carboxylic acids is 1. The van der Waals surface area contributed by atoms with Crippen LogP contribution in [0, 0.1) is 11.8 Å². The Hall–Kier alpha value is -3.51. The summed E-state index contributed by atoms with van der Waals surface area (Å²) in [7, 11) is 0. The second-order valence-electron chi connectivity index (χ2n) is 5.37. The summed E-state index contributed by atoms with van der Waals surface area (Å²) in [5.41, 5.74) is 15.3. The minimum Gasteiger partial charge on any atom is -0.399 e. The summed E-state index contributed by atoms with van der Waals surface area (Å²) >= 11 is 0. The fraction of sp³-hybridized carbons (Fsp3) is 0. The van der Waals surface area contributed by atoms with Gasteiger partial charge in [0.15, 0.2) is 5.78 Å². The maximum absolute atomic E-state index is 12.5. The molecule has 0 aliphatic heterocycles. The molecule has 0 aliphatic carbocycles. The molecule has 0 radical (unpaired) electrons. The van der Waals surface area contributed by atoms with Gasteiger partial charge in [0, 0.05) is 33.6 Å². The zero-order chi connectivity index (χ0) is 16.9. The van der Waals surface area contributed by atoms with Gasteiger partial charge in [0.2, 0.25) is 0 Å². The van der Waals surface area contributed by atoms with Crippen LogP contribution in [0.25, 0.3) is 0 Å². The van der Waals surface area contributed by atoms with E-state index in [1.165, 1.54) is 0 Å². The lowest BCUT2D eigenvalue weighted by Crippen LogP contribution is -2.06. The van der Waals surface area contributed by atoms with Crippen molar-refractivity contribution in [3.05, 3.63) is 95.1 Å². The normalized spacial score (nSPS) is 9.83. The summed E-state index contributed by atoms with van der Waals surface area (Å²) in [6.07, 6.45) is 0. The number of anilines is 2. The molecule has 3 nitrogen and oxygen atoms in total. The molecule has 4 N–H and O–H groups in total. The van der Waals surface area contributed by atoms with E-state index in [9.17, 15) is 4.79 Å². The lowest BCUT2D eigenvalue weighted by Gasteiger charge is -2.06. The molecular weight excluding hydrogens is 296 g/mol. The smallest absolute Gasteiger partial charge is 0.195 e. The van der Waals surface area contributed by atoms with E-state index in [0.717, 1.165) is 11.1 Å². The lowest BCUT2D eigenvalue weighted by atomic mass is 10.0. The molecule has 0 bridgehead atoms. The van der Waals surface area contributed by atoms with Gasteiger partial charge in [0.05, 0.1) is 0 Å². The predicted octanol–water partition coefficient (Wildman–Crippen LogP) is 3.48. The third kappa shape index (κ3) is 3.45. The van der Waals surface area contributed by atoms with Crippen molar-refractivity contribution in [3.63, 3.8) is 0 Å². The summed E-state index contributed by atoms with van der Waals surface area (Å²) in [5, 5.41) is 0. The van der Waals surface area contributed by atoms with Crippen LogP contribution < -0.4 is 11.5 Å². The molecule has 0 saturated carbocycles. The molecule has 0 amide bonds. The first-order valence-electron chi connectivity index (χ1n) is 7.50. The molecule has 0 unspecified atom stereocenters. The molecule has 0 saturated heterocycles. The Balaban J connectivity index is 1.82. The molecular formula is C21H16N2O. The van der Waals surface area contributed by atoms with Gasteiger partial charge in [-0.25, -0.2) is 0 Å². The molecule has 3 heteroatoms. The highest BCUT2D eigenvalue weighted by Gasteiger charge is 2.12. The highest BCUT2D eigenvalue weighted by Crippen LogP contribution is 2.19. The second-order valence-corrected chi connectivity index (χ2v) is 5.37. The molecule has 0 aliphatic rings. The van der Waals surface area contributed by atoms with Crippen LogP contribution in [-0.2, 0) is 0 Å². The van der Waals surface area contributed by atoms with Gasteiger partial charge in [-0.2, -0.15) is 0 Å². The number of hydrogen-bond donors (Lipinski definition) is 2. The van der Waals surface area contributed by atoms with Gasteiger partial charge in [0.1, 0.15) is 0 Å². The minimum absolute atomic E-state index is 0.130. The third-order valence-corrected chi connectivity index (χ3v) is 3.59. The van der Waals surface area contributed by atoms with Crippen molar-refractivity contribution in [2.75, 3.05) is 11.5 Å². The Morgan fingerprint density at radius 3 is 2.00 bits per heavy atom. The molecule has 0 aromatic heterocycles. The first-order valence-corrected chi connectivity index (χ1v) is 7.50. The predicted molar refractivity (Wildman–Crippen MR) is 97.6 cm³/mol. The Kier molecular flexibility index (Phi) is 4.31. The van der Waals surface area contributed by atoms with Gasteiger partial charge in [0.25, 0.3) is 0 Å². The average Bonchev–Trinajstić information content (AvgIpc) is 2.61. The van der Waals surface area contributed by atoms with Crippen molar-refractivity contribution in [3.8, 4) is 11.8 Å². The lowest BCUT2D eigenvalue weighted by molar-refractivity contribution is 0.103. The van der Waals surface area contributed by atoms with Crippen molar-refractivity contribution in [2.24, 2.45) is 0 Å². The third-order valence-electron chi connectivity index (χ3n) is 3.59. The monoisotopic (exact) mass is 312 g/mol. The van der Waals surface area contributed by atoms with Crippen LogP contribution in [0.1, 0.15) is 27.0 Å². The summed E-state index contributed by atoms with van der Waals surface area (Å²) in [6, 6.07) is 21.8. The van der Waals surface area contributed by atoms with Crippen LogP contribution >= 0.6 is 0 Å². The molecule has 3 rings (SSSR count). The highest BCUT2D eigenvalue weighted by atomic mass is 16.1. The number of benzene rings is 3. The van der Waals surface area contributed by atoms with E-state index in [-0.39, 0.29) is 5.78 Å². The number of rotatable bonds is 2. The quantitative estimate of drug-likeness (QED) is 0.432. The fourth-order valence-electron chi connectivity index (χ4n) is 2.31. The van der Waals surface area contributed by atoms with E-state index in [2.05, 4.69) is 11.8 Å². The van der Waals surface area contributed by atoms with Crippen LogP contribution in [0.15, 0.2) is 72.8 Å². The summed E-state index contributed by atoms with van der Waals surface area (Å²) < 4.78 is 0. The van der Waals surface area contributed by atoms with Crippen molar-refractivity contribution in [1.82, 2.24) is 0 Å². The van der Waals surface area contributed by atoms with Crippen molar-refractivity contribution >= 4 is 17.2 Å². The van der Waals surface area contributed by atoms with Crippen LogP contribution in [0.5, 0.6) is 0 Å². The molecule has 116 valence electrons. The first kappa shape index (κ1) is 15.4. The second kappa shape index (κ2) is 6.72. The van der Waals surface area contributed by atoms with Gasteiger partial charge in [-0.15, -0.1) is 0 Å². The summed E-state index contributed by atoms with van der Waals surface area (Å²) in [4.78, 5) is 12.5. The number of hydrogen-bond acceptors (Lipinski definition) is 3. The van der Waals surface area contributed by atoms with Gasteiger partial charge >= 0.3 is 0 Å². The van der Waals surface area contributed by atoms with Crippen molar-refractivity contribution < 1.29 is 4.79 Å². The Bertz CT molecular complexity index is 933. The summed E-state index contributed by atoms with van der Waals surface area (Å²) in [5.74, 6) is 6.04. The van der Waals surface area contributed by atoms with Gasteiger partial charge in [-0.3, -0.25) is 4.79 Å². The zero-order valence-electron chi connectivity index (χ0n) is 13.0. The van der Waals surface area contributed by atoms with E-state index in [1.54, 1.807) is 30.3 Å². The van der Waals surface area contributed by atoms with E-state index in [0.29, 0.717) is 22.5 Å². The Morgan fingerprint density at radius 1 is 0.750 bits per heavy atom.